The van der Waals surface area contributed by atoms with Crippen LogP contribution in [-0.2, 0) is 4.12 Å². The summed E-state index contributed by atoms with van der Waals surface area (Å²) in [5.74, 6) is 12.6. The molecule has 5 heteroatoms. The van der Waals surface area contributed by atoms with E-state index in [4.69, 9.17) is 4.12 Å². The Labute approximate surface area is 187 Å². The second kappa shape index (κ2) is 10.9. The maximum absolute atomic E-state index is 5.91. The van der Waals surface area contributed by atoms with Gasteiger partial charge >= 0.3 is 0 Å². The molecule has 4 radical (unpaired) electrons. The smallest absolute Gasteiger partial charge is 0.256 e. The molecule has 0 N–H and O–H groups in total. The molecule has 0 spiro atoms. The number of hydrogen-bond donors (Lipinski definition) is 0. The van der Waals surface area contributed by atoms with Gasteiger partial charge in [0.1, 0.15) is 0 Å². The van der Waals surface area contributed by atoms with Crippen LogP contribution < -0.4 is 10.4 Å². The molecule has 0 aliphatic carbocycles. The van der Waals surface area contributed by atoms with E-state index in [9.17, 15) is 0 Å². The van der Waals surface area contributed by atoms with Gasteiger partial charge in [-0.1, -0.05) is 47.9 Å². The zero-order valence-corrected chi connectivity index (χ0v) is 18.5. The van der Waals surface area contributed by atoms with E-state index in [2.05, 4.69) is 57.9 Å². The minimum Gasteiger partial charge on any atom is -0.450 e. The van der Waals surface area contributed by atoms with Crippen molar-refractivity contribution in [2.24, 2.45) is 0 Å². The number of aromatic nitrogens is 2. The first-order valence-electron chi connectivity index (χ1n) is 9.57. The van der Waals surface area contributed by atoms with Crippen LogP contribution in [0.3, 0.4) is 0 Å². The summed E-state index contributed by atoms with van der Waals surface area (Å²) in [5, 5.41) is 2.31. The van der Waals surface area contributed by atoms with Gasteiger partial charge in [-0.05, 0) is 58.9 Å². The first-order chi connectivity index (χ1) is 15.3. The number of pyridine rings is 2. The van der Waals surface area contributed by atoms with Crippen molar-refractivity contribution in [3.05, 3.63) is 120 Å². The van der Waals surface area contributed by atoms with E-state index in [0.29, 0.717) is 19.5 Å². The molecule has 0 fully saturated rings. The first kappa shape index (κ1) is 20.5. The number of hydrogen-bond acceptors (Lipinski definition) is 3. The van der Waals surface area contributed by atoms with Crippen LogP contribution in [0.15, 0.2) is 97.6 Å². The molecule has 0 aliphatic heterocycles. The van der Waals surface area contributed by atoms with E-state index in [1.165, 1.54) is 0 Å². The monoisotopic (exact) mass is 428 g/mol. The lowest BCUT2D eigenvalue weighted by Gasteiger charge is -2.02. The van der Waals surface area contributed by atoms with Gasteiger partial charge in [-0.3, -0.25) is 9.97 Å². The van der Waals surface area contributed by atoms with E-state index in [1.54, 1.807) is 24.8 Å². The molecular weight excluding hydrogens is 412 g/mol. The van der Waals surface area contributed by atoms with Crippen molar-refractivity contribution >= 4 is 29.9 Å². The Hall–Kier alpha value is -3.75. The van der Waals surface area contributed by atoms with Crippen molar-refractivity contribution < 1.29 is 4.12 Å². The van der Waals surface area contributed by atoms with Gasteiger partial charge in [-0.15, -0.1) is 0 Å². The fourth-order valence-corrected chi connectivity index (χ4v) is 4.30. The van der Waals surface area contributed by atoms with E-state index in [0.717, 1.165) is 32.6 Å². The summed E-state index contributed by atoms with van der Waals surface area (Å²) in [6.07, 6.45) is 6.98. The van der Waals surface area contributed by atoms with Gasteiger partial charge < -0.3 is 4.12 Å². The molecule has 0 bridgehead atoms. The molecule has 2 aromatic heterocycles. The summed E-state index contributed by atoms with van der Waals surface area (Å²) >= 11 is 0. The van der Waals surface area contributed by atoms with Crippen LogP contribution in [0, 0.1) is 23.7 Å². The second-order valence-corrected chi connectivity index (χ2v) is 8.81. The summed E-state index contributed by atoms with van der Waals surface area (Å²) in [4.78, 5) is 8.00. The topological polar surface area (TPSA) is 35.0 Å². The van der Waals surface area contributed by atoms with Crippen molar-refractivity contribution in [3.8, 4) is 23.7 Å². The molecule has 31 heavy (non-hydrogen) atoms. The van der Waals surface area contributed by atoms with Gasteiger partial charge in [0.25, 0.3) is 19.5 Å². The van der Waals surface area contributed by atoms with Crippen molar-refractivity contribution in [3.63, 3.8) is 0 Å². The molecule has 4 rings (SSSR count). The Kier molecular flexibility index (Phi) is 7.19. The predicted octanol–water partition coefficient (Wildman–Crippen LogP) is 2.48. The molecule has 2 aromatic carbocycles. The standard InChI is InChI=1S/C26H16N2OSi2/c1(3-23-13-17-27-18-14-23)21-5-9-25(10-6-21)30-29-31-26-11-7-22(8-12-26)2-4-24-15-19-28-20-16-24/h5-20H. The highest BCUT2D eigenvalue weighted by Gasteiger charge is 2.01. The molecular formula is C26H16N2OSi2. The van der Waals surface area contributed by atoms with Gasteiger partial charge in [0.2, 0.25) is 0 Å². The summed E-state index contributed by atoms with van der Waals surface area (Å²) in [6, 6.07) is 24.0. The minimum atomic E-state index is 0.302. The average Bonchev–Trinajstić information content (AvgIpc) is 2.84. The van der Waals surface area contributed by atoms with Gasteiger partial charge in [-0.25, -0.2) is 0 Å². The maximum Gasteiger partial charge on any atom is 0.256 e. The van der Waals surface area contributed by atoms with Crippen LogP contribution in [0.4, 0.5) is 0 Å². The van der Waals surface area contributed by atoms with Gasteiger partial charge in [0, 0.05) is 47.0 Å². The van der Waals surface area contributed by atoms with Crippen molar-refractivity contribution in [1.29, 1.82) is 0 Å². The van der Waals surface area contributed by atoms with Gasteiger partial charge in [0.05, 0.1) is 0 Å². The van der Waals surface area contributed by atoms with Crippen molar-refractivity contribution in [2.45, 2.75) is 0 Å². The van der Waals surface area contributed by atoms with Crippen molar-refractivity contribution in [1.82, 2.24) is 9.97 Å². The predicted molar refractivity (Wildman–Crippen MR) is 125 cm³/mol. The average molecular weight is 429 g/mol. The van der Waals surface area contributed by atoms with Crippen LogP contribution in [0.2, 0.25) is 0 Å². The summed E-state index contributed by atoms with van der Waals surface area (Å²) < 4.78 is 5.91. The molecule has 3 nitrogen and oxygen atoms in total. The molecule has 0 atom stereocenters. The van der Waals surface area contributed by atoms with Crippen LogP contribution >= 0.6 is 0 Å². The molecule has 0 amide bonds. The fraction of sp³-hybridized carbons (Fsp3) is 0. The molecule has 4 aromatic rings. The lowest BCUT2D eigenvalue weighted by molar-refractivity contribution is 0.663. The second-order valence-electron chi connectivity index (χ2n) is 6.43. The number of benzene rings is 2. The van der Waals surface area contributed by atoms with E-state index in [-0.39, 0.29) is 0 Å². The van der Waals surface area contributed by atoms with E-state index in [1.807, 2.05) is 48.5 Å². The van der Waals surface area contributed by atoms with E-state index >= 15 is 0 Å². The molecule has 0 saturated carbocycles. The molecule has 144 valence electrons. The third kappa shape index (κ3) is 6.63. The third-order valence-corrected chi connectivity index (χ3v) is 6.13. The molecule has 0 unspecified atom stereocenters. The van der Waals surface area contributed by atoms with Crippen molar-refractivity contribution in [2.75, 3.05) is 0 Å². The SMILES string of the molecule is C(#Cc1ccc([Si]O[Si]c2ccc(C#Cc3ccncc3)cc2)cc1)c1ccncc1. The maximum atomic E-state index is 5.91. The van der Waals surface area contributed by atoms with Crippen LogP contribution in [0.1, 0.15) is 22.3 Å². The normalized spacial score (nSPS) is 9.81. The third-order valence-electron chi connectivity index (χ3n) is 4.17. The summed E-state index contributed by atoms with van der Waals surface area (Å²) in [5.41, 5.74) is 3.88. The lowest BCUT2D eigenvalue weighted by atomic mass is 10.2. The largest absolute Gasteiger partial charge is 0.450 e. The Balaban J connectivity index is 1.27. The molecule has 0 aliphatic rings. The number of rotatable bonds is 4. The lowest BCUT2D eigenvalue weighted by Crippen LogP contribution is -2.25. The van der Waals surface area contributed by atoms with Crippen LogP contribution in [0.5, 0.6) is 0 Å². The zero-order chi connectivity index (χ0) is 21.1. The summed E-state index contributed by atoms with van der Waals surface area (Å²) in [6.45, 7) is 0. The Morgan fingerprint density at radius 1 is 0.452 bits per heavy atom. The highest BCUT2D eigenvalue weighted by atomic mass is 28.3. The fourth-order valence-electron chi connectivity index (χ4n) is 2.55. The van der Waals surface area contributed by atoms with E-state index < -0.39 is 0 Å². The number of nitrogens with zero attached hydrogens (tertiary/aromatic N) is 2. The minimum absolute atomic E-state index is 0.302. The first-order valence-corrected chi connectivity index (χ1v) is 11.4. The Bertz CT molecular complexity index is 1140. The highest BCUT2D eigenvalue weighted by Crippen LogP contribution is 1.99. The quantitative estimate of drug-likeness (QED) is 0.370. The Morgan fingerprint density at radius 2 is 0.774 bits per heavy atom. The zero-order valence-electron chi connectivity index (χ0n) is 16.5. The summed E-state index contributed by atoms with van der Waals surface area (Å²) in [7, 11) is 0.604. The van der Waals surface area contributed by atoms with Gasteiger partial charge in [-0.2, -0.15) is 0 Å². The van der Waals surface area contributed by atoms with Crippen LogP contribution in [0.25, 0.3) is 0 Å². The van der Waals surface area contributed by atoms with Gasteiger partial charge in [0.15, 0.2) is 0 Å². The Morgan fingerprint density at radius 3 is 1.13 bits per heavy atom. The highest BCUT2D eigenvalue weighted by molar-refractivity contribution is 6.60. The van der Waals surface area contributed by atoms with Crippen LogP contribution in [-0.4, -0.2) is 29.5 Å². The molecule has 2 heterocycles. The molecule has 0 saturated heterocycles.